The third-order valence-corrected chi connectivity index (χ3v) is 2.53. The monoisotopic (exact) mass is 215 g/mol. The molecule has 0 N–H and O–H groups in total. The minimum atomic E-state index is 1.12. The summed E-state index contributed by atoms with van der Waals surface area (Å²) >= 11 is 0. The van der Waals surface area contributed by atoms with Crippen molar-refractivity contribution >= 4 is 0 Å². The van der Waals surface area contributed by atoms with Crippen LogP contribution in [0.3, 0.4) is 0 Å². The van der Waals surface area contributed by atoms with Gasteiger partial charge in [-0.15, -0.1) is 0 Å². The van der Waals surface area contributed by atoms with Gasteiger partial charge < -0.3 is 4.90 Å². The summed E-state index contributed by atoms with van der Waals surface area (Å²) in [6.07, 6.45) is 2.47. The summed E-state index contributed by atoms with van der Waals surface area (Å²) in [5.74, 6) is 0. The fourth-order valence-corrected chi connectivity index (χ4v) is 1.73. The van der Waals surface area contributed by atoms with E-state index in [-0.39, 0.29) is 0 Å². The molecule has 0 spiro atoms. The molecule has 0 amide bonds. The van der Waals surface area contributed by atoms with Crippen molar-refractivity contribution in [3.63, 3.8) is 0 Å². The Morgan fingerprint density at radius 3 is 1.53 bits per heavy atom. The van der Waals surface area contributed by atoms with Crippen molar-refractivity contribution in [2.24, 2.45) is 0 Å². The van der Waals surface area contributed by atoms with Gasteiger partial charge >= 0.3 is 0 Å². The van der Waals surface area contributed by atoms with Crippen LogP contribution >= 0.6 is 0 Å². The lowest BCUT2D eigenvalue weighted by molar-refractivity contribution is -0.0245. The molecule has 0 aromatic rings. The summed E-state index contributed by atoms with van der Waals surface area (Å²) < 4.78 is 0. The highest BCUT2D eigenvalue weighted by atomic mass is 15.6. The molecule has 0 saturated carbocycles. The van der Waals surface area contributed by atoms with E-state index >= 15 is 0 Å². The molecule has 0 unspecified atom stereocenters. The fourth-order valence-electron chi connectivity index (χ4n) is 1.73. The molecule has 0 aromatic heterocycles. The zero-order valence-electron chi connectivity index (χ0n) is 11.3. The first-order valence-corrected chi connectivity index (χ1v) is 6.30. The summed E-state index contributed by atoms with van der Waals surface area (Å²) in [4.78, 5) is 2.25. The maximum atomic E-state index is 2.50. The van der Waals surface area contributed by atoms with Gasteiger partial charge in [0.15, 0.2) is 0 Å². The molecule has 0 aliphatic rings. The lowest BCUT2D eigenvalue weighted by atomic mass is 10.4. The molecule has 3 nitrogen and oxygen atoms in total. The SMILES string of the molecule is CCCN(CCC)N(CC)CCN(C)C. The molecule has 0 bridgehead atoms. The number of nitrogens with zero attached hydrogens (tertiary/aromatic N) is 3. The lowest BCUT2D eigenvalue weighted by Gasteiger charge is -2.34. The van der Waals surface area contributed by atoms with Gasteiger partial charge in [0.1, 0.15) is 0 Å². The van der Waals surface area contributed by atoms with E-state index < -0.39 is 0 Å². The number of likely N-dealkylation sites (N-methyl/N-ethyl adjacent to an activating group) is 2. The summed E-state index contributed by atoms with van der Waals surface area (Å²) in [6, 6.07) is 0. The number of hydrazine groups is 1. The van der Waals surface area contributed by atoms with Crippen molar-refractivity contribution in [2.75, 3.05) is 46.8 Å². The minimum Gasteiger partial charge on any atom is -0.308 e. The third-order valence-electron chi connectivity index (χ3n) is 2.53. The normalized spacial score (nSPS) is 12.0. The molecule has 15 heavy (non-hydrogen) atoms. The first kappa shape index (κ1) is 14.9. The van der Waals surface area contributed by atoms with Crippen LogP contribution in [0.15, 0.2) is 0 Å². The Labute approximate surface area is 96.0 Å². The Kier molecular flexibility index (Phi) is 9.06. The number of rotatable bonds is 9. The Balaban J connectivity index is 4.05. The maximum Gasteiger partial charge on any atom is 0.0260 e. The van der Waals surface area contributed by atoms with Gasteiger partial charge in [0.25, 0.3) is 0 Å². The summed E-state index contributed by atoms with van der Waals surface area (Å²) in [5.41, 5.74) is 0. The molecule has 0 aromatic carbocycles. The predicted octanol–water partition coefficient (Wildman–Crippen LogP) is 1.91. The van der Waals surface area contributed by atoms with Crippen LogP contribution in [0.4, 0.5) is 0 Å². The highest BCUT2D eigenvalue weighted by Crippen LogP contribution is 2.01. The van der Waals surface area contributed by atoms with Gasteiger partial charge in [-0.3, -0.25) is 0 Å². The second-order valence-corrected chi connectivity index (χ2v) is 4.30. The van der Waals surface area contributed by atoms with E-state index in [1.807, 2.05) is 0 Å². The molecule has 0 fully saturated rings. The second-order valence-electron chi connectivity index (χ2n) is 4.30. The van der Waals surface area contributed by atoms with Crippen LogP contribution in [0.2, 0.25) is 0 Å². The molecule has 92 valence electrons. The molecule has 0 atom stereocenters. The molecule has 0 saturated heterocycles. The zero-order chi connectivity index (χ0) is 11.7. The lowest BCUT2D eigenvalue weighted by Crippen LogP contribution is -2.46. The van der Waals surface area contributed by atoms with Gasteiger partial charge in [-0.1, -0.05) is 20.8 Å². The standard InChI is InChI=1S/C12H29N3/c1-6-9-15(10-7-2)14(8-3)12-11-13(4)5/h6-12H2,1-5H3. The van der Waals surface area contributed by atoms with E-state index in [9.17, 15) is 0 Å². The van der Waals surface area contributed by atoms with Crippen LogP contribution < -0.4 is 0 Å². The van der Waals surface area contributed by atoms with E-state index in [1.54, 1.807) is 0 Å². The van der Waals surface area contributed by atoms with Gasteiger partial charge in [-0.05, 0) is 26.9 Å². The Morgan fingerprint density at radius 2 is 1.20 bits per heavy atom. The molecule has 0 aliphatic heterocycles. The molecule has 0 aliphatic carbocycles. The van der Waals surface area contributed by atoms with Crippen molar-refractivity contribution in [1.29, 1.82) is 0 Å². The average Bonchev–Trinajstić information content (AvgIpc) is 2.19. The van der Waals surface area contributed by atoms with E-state index in [0.29, 0.717) is 0 Å². The molecule has 0 radical (unpaired) electrons. The van der Waals surface area contributed by atoms with Gasteiger partial charge in [-0.2, -0.15) is 0 Å². The number of hydrogen-bond donors (Lipinski definition) is 0. The van der Waals surface area contributed by atoms with Crippen LogP contribution in [0.1, 0.15) is 33.6 Å². The molecule has 0 rings (SSSR count). The van der Waals surface area contributed by atoms with Gasteiger partial charge in [0.05, 0.1) is 0 Å². The highest BCUT2D eigenvalue weighted by molar-refractivity contribution is 4.58. The molecule has 3 heteroatoms. The largest absolute Gasteiger partial charge is 0.308 e. The Bertz CT molecular complexity index is 131. The fraction of sp³-hybridized carbons (Fsp3) is 1.00. The summed E-state index contributed by atoms with van der Waals surface area (Å²) in [6.45, 7) is 12.5. The first-order chi connectivity index (χ1) is 7.15. The van der Waals surface area contributed by atoms with Crippen LogP contribution in [-0.4, -0.2) is 61.7 Å². The second kappa shape index (κ2) is 9.13. The van der Waals surface area contributed by atoms with Crippen LogP contribution in [0.5, 0.6) is 0 Å². The third kappa shape index (κ3) is 6.88. The average molecular weight is 215 g/mol. The van der Waals surface area contributed by atoms with Crippen LogP contribution in [0.25, 0.3) is 0 Å². The molecular formula is C12H29N3. The van der Waals surface area contributed by atoms with Gasteiger partial charge in [-0.25, -0.2) is 10.0 Å². The van der Waals surface area contributed by atoms with E-state index in [4.69, 9.17) is 0 Å². The van der Waals surface area contributed by atoms with E-state index in [1.165, 1.54) is 25.9 Å². The topological polar surface area (TPSA) is 9.72 Å². The number of hydrogen-bond acceptors (Lipinski definition) is 3. The molecule has 0 heterocycles. The van der Waals surface area contributed by atoms with Crippen molar-refractivity contribution in [3.8, 4) is 0 Å². The van der Waals surface area contributed by atoms with Crippen molar-refractivity contribution < 1.29 is 0 Å². The maximum absolute atomic E-state index is 2.50. The van der Waals surface area contributed by atoms with Crippen molar-refractivity contribution in [2.45, 2.75) is 33.6 Å². The first-order valence-electron chi connectivity index (χ1n) is 6.30. The molecular weight excluding hydrogens is 186 g/mol. The summed E-state index contributed by atoms with van der Waals surface area (Å²) in [7, 11) is 4.27. The zero-order valence-corrected chi connectivity index (χ0v) is 11.3. The predicted molar refractivity (Wildman–Crippen MR) is 68.0 cm³/mol. The minimum absolute atomic E-state index is 1.12. The van der Waals surface area contributed by atoms with E-state index in [2.05, 4.69) is 49.8 Å². The Hall–Kier alpha value is -0.120. The van der Waals surface area contributed by atoms with Crippen molar-refractivity contribution in [1.82, 2.24) is 14.9 Å². The smallest absolute Gasteiger partial charge is 0.0260 e. The van der Waals surface area contributed by atoms with E-state index in [0.717, 1.165) is 19.6 Å². The summed E-state index contributed by atoms with van der Waals surface area (Å²) in [5, 5.41) is 4.98. The van der Waals surface area contributed by atoms with Crippen molar-refractivity contribution in [3.05, 3.63) is 0 Å². The quantitative estimate of drug-likeness (QED) is 0.544. The highest BCUT2D eigenvalue weighted by Gasteiger charge is 2.11. The van der Waals surface area contributed by atoms with Gasteiger partial charge in [0, 0.05) is 32.7 Å². The van der Waals surface area contributed by atoms with Crippen LogP contribution in [0, 0.1) is 0 Å². The Morgan fingerprint density at radius 1 is 0.667 bits per heavy atom. The van der Waals surface area contributed by atoms with Crippen LogP contribution in [-0.2, 0) is 0 Å². The van der Waals surface area contributed by atoms with Gasteiger partial charge in [0.2, 0.25) is 0 Å².